The van der Waals surface area contributed by atoms with Crippen molar-refractivity contribution in [3.63, 3.8) is 0 Å². The maximum atomic E-state index is 11.2. The summed E-state index contributed by atoms with van der Waals surface area (Å²) in [5.41, 5.74) is 1.22. The molecule has 0 N–H and O–H groups in total. The number of hydrogen-bond donors (Lipinski definition) is 0. The van der Waals surface area contributed by atoms with Gasteiger partial charge >= 0.3 is 0 Å². The first kappa shape index (κ1) is 8.48. The average Bonchev–Trinajstić information content (AvgIpc) is 2.52. The summed E-state index contributed by atoms with van der Waals surface area (Å²) in [6.07, 6.45) is 7.56. The predicted molar refractivity (Wildman–Crippen MR) is 49.4 cm³/mol. The van der Waals surface area contributed by atoms with Crippen molar-refractivity contribution in [3.8, 4) is 0 Å². The highest BCUT2D eigenvalue weighted by molar-refractivity contribution is 5.80. The predicted octanol–water partition coefficient (Wildman–Crippen LogP) is 1.65. The Bertz CT molecular complexity index is 316. The molecular formula is C10H14N2O. The zero-order chi connectivity index (χ0) is 9.26. The fourth-order valence-corrected chi connectivity index (χ4v) is 1.96. The van der Waals surface area contributed by atoms with E-state index in [9.17, 15) is 4.79 Å². The smallest absolute Gasteiger partial charge is 0.133 e. The quantitative estimate of drug-likeness (QED) is 0.655. The summed E-state index contributed by atoms with van der Waals surface area (Å²) >= 11 is 0. The number of carbonyl (C=O) groups excluding carboxylic acids is 1. The molecule has 0 aliphatic heterocycles. The summed E-state index contributed by atoms with van der Waals surface area (Å²) in [6.45, 7) is 0. The van der Waals surface area contributed by atoms with E-state index < -0.39 is 0 Å². The van der Waals surface area contributed by atoms with Crippen molar-refractivity contribution in [2.24, 2.45) is 7.05 Å². The van der Waals surface area contributed by atoms with Crippen LogP contribution in [0, 0.1) is 0 Å². The molecule has 13 heavy (non-hydrogen) atoms. The standard InChI is InChI=1S/C10H14N2O/c1-12-7-9(6-11-12)8-3-2-4-10(13)5-8/h6-8H,2-5H2,1H3. The molecule has 0 radical (unpaired) electrons. The molecule has 1 aliphatic rings. The van der Waals surface area contributed by atoms with Crippen LogP contribution in [-0.4, -0.2) is 15.6 Å². The van der Waals surface area contributed by atoms with E-state index in [4.69, 9.17) is 0 Å². The normalized spacial score (nSPS) is 23.5. The van der Waals surface area contributed by atoms with E-state index in [-0.39, 0.29) is 0 Å². The van der Waals surface area contributed by atoms with Crippen LogP contribution in [0.15, 0.2) is 12.4 Å². The van der Waals surface area contributed by atoms with E-state index in [0.717, 1.165) is 19.3 Å². The molecule has 3 nitrogen and oxygen atoms in total. The molecule has 3 heteroatoms. The maximum Gasteiger partial charge on any atom is 0.133 e. The Morgan fingerprint density at radius 3 is 3.08 bits per heavy atom. The Balaban J connectivity index is 2.12. The second kappa shape index (κ2) is 3.32. The van der Waals surface area contributed by atoms with Crippen LogP contribution < -0.4 is 0 Å². The van der Waals surface area contributed by atoms with E-state index in [1.54, 1.807) is 4.68 Å². The van der Waals surface area contributed by atoms with Crippen LogP contribution in [-0.2, 0) is 11.8 Å². The fraction of sp³-hybridized carbons (Fsp3) is 0.600. The van der Waals surface area contributed by atoms with E-state index in [2.05, 4.69) is 5.10 Å². The lowest BCUT2D eigenvalue weighted by Crippen LogP contribution is -2.12. The Morgan fingerprint density at radius 2 is 2.46 bits per heavy atom. The van der Waals surface area contributed by atoms with Gasteiger partial charge in [0.15, 0.2) is 0 Å². The van der Waals surface area contributed by atoms with Gasteiger partial charge in [0, 0.05) is 26.1 Å². The van der Waals surface area contributed by atoms with E-state index >= 15 is 0 Å². The molecule has 0 bridgehead atoms. The third-order valence-corrected chi connectivity index (χ3v) is 2.68. The molecule has 1 aromatic rings. The SMILES string of the molecule is Cn1cc(C2CCCC(=O)C2)cn1. The summed E-state index contributed by atoms with van der Waals surface area (Å²) in [6, 6.07) is 0. The monoisotopic (exact) mass is 178 g/mol. The number of nitrogens with zero attached hydrogens (tertiary/aromatic N) is 2. The molecule has 0 aromatic carbocycles. The number of ketones is 1. The number of aryl methyl sites for hydroxylation is 1. The highest BCUT2D eigenvalue weighted by atomic mass is 16.1. The van der Waals surface area contributed by atoms with Crippen LogP contribution in [0.4, 0.5) is 0 Å². The fourth-order valence-electron chi connectivity index (χ4n) is 1.96. The zero-order valence-corrected chi connectivity index (χ0v) is 7.86. The van der Waals surface area contributed by atoms with Gasteiger partial charge in [-0.2, -0.15) is 5.10 Å². The van der Waals surface area contributed by atoms with Gasteiger partial charge in [0.1, 0.15) is 5.78 Å². The van der Waals surface area contributed by atoms with Crippen molar-refractivity contribution in [1.82, 2.24) is 9.78 Å². The van der Waals surface area contributed by atoms with Gasteiger partial charge in [-0.05, 0) is 24.3 Å². The van der Waals surface area contributed by atoms with E-state index in [1.807, 2.05) is 19.4 Å². The van der Waals surface area contributed by atoms with Crippen LogP contribution in [0.5, 0.6) is 0 Å². The Labute approximate surface area is 77.7 Å². The van der Waals surface area contributed by atoms with Crippen molar-refractivity contribution in [3.05, 3.63) is 18.0 Å². The van der Waals surface area contributed by atoms with Crippen molar-refractivity contribution in [2.75, 3.05) is 0 Å². The van der Waals surface area contributed by atoms with Crippen molar-refractivity contribution in [1.29, 1.82) is 0 Å². The average molecular weight is 178 g/mol. The maximum absolute atomic E-state index is 11.2. The number of Topliss-reactive ketones (excluding diaryl/α,β-unsaturated/α-hetero) is 1. The Kier molecular flexibility index (Phi) is 2.17. The Hall–Kier alpha value is -1.12. The molecule has 0 amide bonds. The van der Waals surface area contributed by atoms with Gasteiger partial charge in [-0.3, -0.25) is 9.48 Å². The summed E-state index contributed by atoms with van der Waals surface area (Å²) in [5.74, 6) is 0.829. The molecule has 1 aliphatic carbocycles. The molecule has 1 saturated carbocycles. The second-order valence-electron chi connectivity index (χ2n) is 3.78. The van der Waals surface area contributed by atoms with Crippen molar-refractivity contribution < 1.29 is 4.79 Å². The van der Waals surface area contributed by atoms with Gasteiger partial charge in [-0.15, -0.1) is 0 Å². The minimum Gasteiger partial charge on any atom is -0.300 e. The van der Waals surface area contributed by atoms with Crippen LogP contribution >= 0.6 is 0 Å². The summed E-state index contributed by atoms with van der Waals surface area (Å²) < 4.78 is 1.80. The molecule has 0 spiro atoms. The first-order valence-electron chi connectivity index (χ1n) is 4.76. The van der Waals surface area contributed by atoms with Gasteiger partial charge in [0.2, 0.25) is 0 Å². The number of carbonyl (C=O) groups is 1. The molecule has 0 saturated heterocycles. The Morgan fingerprint density at radius 1 is 1.62 bits per heavy atom. The first-order chi connectivity index (χ1) is 6.25. The first-order valence-corrected chi connectivity index (χ1v) is 4.76. The van der Waals surface area contributed by atoms with E-state index in [1.165, 1.54) is 5.56 Å². The number of hydrogen-bond acceptors (Lipinski definition) is 2. The molecule has 1 fully saturated rings. The van der Waals surface area contributed by atoms with Crippen LogP contribution in [0.1, 0.15) is 37.2 Å². The highest BCUT2D eigenvalue weighted by Gasteiger charge is 2.21. The highest BCUT2D eigenvalue weighted by Crippen LogP contribution is 2.30. The van der Waals surface area contributed by atoms with Gasteiger partial charge in [0.05, 0.1) is 6.20 Å². The van der Waals surface area contributed by atoms with Crippen LogP contribution in [0.25, 0.3) is 0 Å². The van der Waals surface area contributed by atoms with Gasteiger partial charge < -0.3 is 0 Å². The molecule has 1 aromatic heterocycles. The third kappa shape index (κ3) is 1.79. The van der Waals surface area contributed by atoms with Crippen molar-refractivity contribution >= 4 is 5.78 Å². The molecule has 1 unspecified atom stereocenters. The lowest BCUT2D eigenvalue weighted by molar-refractivity contribution is -0.120. The van der Waals surface area contributed by atoms with Crippen LogP contribution in [0.2, 0.25) is 0 Å². The molecule has 1 heterocycles. The summed E-state index contributed by atoms with van der Waals surface area (Å²) in [7, 11) is 1.91. The second-order valence-corrected chi connectivity index (χ2v) is 3.78. The summed E-state index contributed by atoms with van der Waals surface area (Å²) in [4.78, 5) is 11.2. The molecular weight excluding hydrogens is 164 g/mol. The van der Waals surface area contributed by atoms with Gasteiger partial charge in [-0.1, -0.05) is 0 Å². The largest absolute Gasteiger partial charge is 0.300 e. The van der Waals surface area contributed by atoms with Gasteiger partial charge in [0.25, 0.3) is 0 Å². The van der Waals surface area contributed by atoms with E-state index in [0.29, 0.717) is 18.1 Å². The number of aromatic nitrogens is 2. The molecule has 2 rings (SSSR count). The minimum absolute atomic E-state index is 0.403. The molecule has 70 valence electrons. The van der Waals surface area contributed by atoms with Crippen LogP contribution in [0.3, 0.4) is 0 Å². The van der Waals surface area contributed by atoms with Gasteiger partial charge in [-0.25, -0.2) is 0 Å². The number of rotatable bonds is 1. The molecule has 1 atom stereocenters. The minimum atomic E-state index is 0.403. The lowest BCUT2D eigenvalue weighted by atomic mass is 9.85. The zero-order valence-electron chi connectivity index (χ0n) is 7.86. The van der Waals surface area contributed by atoms with Crippen molar-refractivity contribution in [2.45, 2.75) is 31.6 Å². The third-order valence-electron chi connectivity index (χ3n) is 2.68. The lowest BCUT2D eigenvalue weighted by Gasteiger charge is -2.18. The summed E-state index contributed by atoms with van der Waals surface area (Å²) in [5, 5.41) is 4.12. The topological polar surface area (TPSA) is 34.9 Å².